The van der Waals surface area contributed by atoms with E-state index >= 15 is 0 Å². The molecule has 0 aliphatic heterocycles. The Labute approximate surface area is 181 Å². The number of anilines is 2. The lowest BCUT2D eigenvalue weighted by Crippen LogP contribution is -2.15. The second-order valence-corrected chi connectivity index (χ2v) is 7.91. The molecule has 0 bridgehead atoms. The Hall–Kier alpha value is -3.67. The van der Waals surface area contributed by atoms with Gasteiger partial charge in [0.1, 0.15) is 11.6 Å². The molecule has 0 saturated carbocycles. The number of ether oxygens (including phenoxy) is 1. The second-order valence-electron chi connectivity index (χ2n) is 7.91. The van der Waals surface area contributed by atoms with E-state index in [0.29, 0.717) is 11.9 Å². The van der Waals surface area contributed by atoms with Gasteiger partial charge in [0.25, 0.3) is 0 Å². The summed E-state index contributed by atoms with van der Waals surface area (Å²) >= 11 is 0. The summed E-state index contributed by atoms with van der Waals surface area (Å²) < 4.78 is 5.61. The van der Waals surface area contributed by atoms with Crippen LogP contribution in [0.15, 0.2) is 60.9 Å². The molecule has 2 heterocycles. The van der Waals surface area contributed by atoms with Gasteiger partial charge in [-0.3, -0.25) is 0 Å². The van der Waals surface area contributed by atoms with Crippen LogP contribution < -0.4 is 10.1 Å². The zero-order valence-electron chi connectivity index (χ0n) is 17.7. The standard InChI is InChI=1S/C25H25N5O/c1-16-14-26-24(28-16)21-12-11-19(13-22(21)31-2)29-25-27-15-18-9-6-10-20(23(18)30-25)17-7-4-3-5-8-17/h3-5,7-8,11-15,20H,6,9-10H2,1-2H3,(H,26,28)(H,27,29,30). The largest absolute Gasteiger partial charge is 0.496 e. The van der Waals surface area contributed by atoms with E-state index in [1.807, 2.05) is 37.5 Å². The first-order valence-corrected chi connectivity index (χ1v) is 10.6. The molecule has 2 N–H and O–H groups in total. The molecule has 6 nitrogen and oxygen atoms in total. The van der Waals surface area contributed by atoms with Gasteiger partial charge in [-0.1, -0.05) is 30.3 Å². The number of nitrogens with zero attached hydrogens (tertiary/aromatic N) is 3. The minimum Gasteiger partial charge on any atom is -0.496 e. The normalized spacial score (nSPS) is 15.4. The molecule has 1 aliphatic carbocycles. The highest BCUT2D eigenvalue weighted by Crippen LogP contribution is 2.36. The first-order chi connectivity index (χ1) is 15.2. The second kappa shape index (κ2) is 8.22. The number of rotatable bonds is 5. The molecule has 1 atom stereocenters. The highest BCUT2D eigenvalue weighted by Gasteiger charge is 2.24. The number of aromatic nitrogens is 4. The van der Waals surface area contributed by atoms with E-state index < -0.39 is 0 Å². The Morgan fingerprint density at radius 2 is 1.94 bits per heavy atom. The Morgan fingerprint density at radius 1 is 1.06 bits per heavy atom. The number of H-pyrrole nitrogens is 1. The Bertz CT molecular complexity index is 1200. The molecule has 0 saturated heterocycles. The minimum atomic E-state index is 0.313. The van der Waals surface area contributed by atoms with Crippen molar-refractivity contribution in [2.24, 2.45) is 0 Å². The van der Waals surface area contributed by atoms with Crippen molar-refractivity contribution in [1.82, 2.24) is 19.9 Å². The molecule has 2 aromatic carbocycles. The van der Waals surface area contributed by atoms with Gasteiger partial charge in [0.2, 0.25) is 5.95 Å². The molecule has 1 unspecified atom stereocenters. The first-order valence-electron chi connectivity index (χ1n) is 10.6. The summed E-state index contributed by atoms with van der Waals surface area (Å²) in [6, 6.07) is 16.6. The van der Waals surface area contributed by atoms with Crippen LogP contribution in [0.25, 0.3) is 11.4 Å². The molecule has 5 rings (SSSR count). The summed E-state index contributed by atoms with van der Waals surface area (Å²) in [6.45, 7) is 1.98. The summed E-state index contributed by atoms with van der Waals surface area (Å²) in [6.07, 6.45) is 7.08. The Morgan fingerprint density at radius 3 is 2.71 bits per heavy atom. The van der Waals surface area contributed by atoms with Crippen molar-refractivity contribution < 1.29 is 4.74 Å². The highest BCUT2D eigenvalue weighted by molar-refractivity contribution is 5.70. The van der Waals surface area contributed by atoms with Gasteiger partial charge in [-0.15, -0.1) is 0 Å². The minimum absolute atomic E-state index is 0.313. The number of benzene rings is 2. The van der Waals surface area contributed by atoms with E-state index in [4.69, 9.17) is 9.72 Å². The number of hydrogen-bond donors (Lipinski definition) is 2. The first kappa shape index (κ1) is 19.3. The zero-order valence-corrected chi connectivity index (χ0v) is 17.7. The van der Waals surface area contributed by atoms with Crippen molar-refractivity contribution in [3.8, 4) is 17.1 Å². The number of aromatic amines is 1. The lowest BCUT2D eigenvalue weighted by Gasteiger charge is -2.25. The van der Waals surface area contributed by atoms with Crippen LogP contribution in [0.5, 0.6) is 5.75 Å². The van der Waals surface area contributed by atoms with E-state index in [2.05, 4.69) is 50.6 Å². The number of aryl methyl sites for hydroxylation is 2. The number of hydrogen-bond acceptors (Lipinski definition) is 5. The van der Waals surface area contributed by atoms with Gasteiger partial charge in [-0.05, 0) is 49.4 Å². The summed E-state index contributed by atoms with van der Waals surface area (Å²) in [5.41, 5.74) is 6.48. The van der Waals surface area contributed by atoms with Crippen LogP contribution >= 0.6 is 0 Å². The predicted molar refractivity (Wildman–Crippen MR) is 122 cm³/mol. The molecule has 6 heteroatoms. The molecule has 31 heavy (non-hydrogen) atoms. The van der Waals surface area contributed by atoms with E-state index in [9.17, 15) is 0 Å². The molecule has 0 amide bonds. The van der Waals surface area contributed by atoms with E-state index in [-0.39, 0.29) is 0 Å². The fraction of sp³-hybridized carbons (Fsp3) is 0.240. The van der Waals surface area contributed by atoms with E-state index in [1.165, 1.54) is 11.1 Å². The van der Waals surface area contributed by atoms with Crippen LogP contribution in [-0.2, 0) is 6.42 Å². The van der Waals surface area contributed by atoms with Crippen LogP contribution in [0.1, 0.15) is 41.3 Å². The smallest absolute Gasteiger partial charge is 0.227 e. The van der Waals surface area contributed by atoms with Crippen LogP contribution in [0.3, 0.4) is 0 Å². The number of methoxy groups -OCH3 is 1. The molecule has 0 spiro atoms. The van der Waals surface area contributed by atoms with Crippen LogP contribution in [-0.4, -0.2) is 27.0 Å². The van der Waals surface area contributed by atoms with Gasteiger partial charge in [0.05, 0.1) is 18.4 Å². The molecular weight excluding hydrogens is 386 g/mol. The molecule has 0 radical (unpaired) electrons. The summed E-state index contributed by atoms with van der Waals surface area (Å²) in [4.78, 5) is 17.2. The van der Waals surface area contributed by atoms with Gasteiger partial charge in [0, 0.05) is 35.8 Å². The fourth-order valence-electron chi connectivity index (χ4n) is 4.26. The summed E-state index contributed by atoms with van der Waals surface area (Å²) in [7, 11) is 1.66. The van der Waals surface area contributed by atoms with Crippen molar-refractivity contribution in [3.63, 3.8) is 0 Å². The Kier molecular flexibility index (Phi) is 5.12. The van der Waals surface area contributed by atoms with Gasteiger partial charge < -0.3 is 15.0 Å². The van der Waals surface area contributed by atoms with Crippen LogP contribution in [0, 0.1) is 6.92 Å². The van der Waals surface area contributed by atoms with E-state index in [0.717, 1.165) is 53.5 Å². The quantitative estimate of drug-likeness (QED) is 0.460. The molecule has 1 aliphatic rings. The molecule has 0 fully saturated rings. The van der Waals surface area contributed by atoms with Gasteiger partial charge in [-0.25, -0.2) is 15.0 Å². The lowest BCUT2D eigenvalue weighted by molar-refractivity contribution is 0.416. The number of fused-ring (bicyclic) bond motifs is 1. The van der Waals surface area contributed by atoms with Crippen LogP contribution in [0.4, 0.5) is 11.6 Å². The molecule has 2 aromatic heterocycles. The van der Waals surface area contributed by atoms with Crippen molar-refractivity contribution in [2.45, 2.75) is 32.1 Å². The number of nitrogens with one attached hydrogen (secondary N) is 2. The zero-order chi connectivity index (χ0) is 21.2. The van der Waals surface area contributed by atoms with Gasteiger partial charge in [0.15, 0.2) is 0 Å². The Balaban J connectivity index is 1.44. The van der Waals surface area contributed by atoms with Gasteiger partial charge in [-0.2, -0.15) is 0 Å². The highest BCUT2D eigenvalue weighted by atomic mass is 16.5. The number of imidazole rings is 1. The third kappa shape index (κ3) is 3.89. The fourth-order valence-corrected chi connectivity index (χ4v) is 4.26. The van der Waals surface area contributed by atoms with Crippen LogP contribution in [0.2, 0.25) is 0 Å². The lowest BCUT2D eigenvalue weighted by atomic mass is 9.83. The van der Waals surface area contributed by atoms with Gasteiger partial charge >= 0.3 is 0 Å². The monoisotopic (exact) mass is 411 g/mol. The average molecular weight is 412 g/mol. The molecular formula is C25H25N5O. The topological polar surface area (TPSA) is 75.7 Å². The maximum absolute atomic E-state index is 5.61. The van der Waals surface area contributed by atoms with Crippen molar-refractivity contribution in [3.05, 3.63) is 83.4 Å². The van der Waals surface area contributed by atoms with Crippen molar-refractivity contribution in [1.29, 1.82) is 0 Å². The third-order valence-electron chi connectivity index (χ3n) is 5.78. The maximum atomic E-state index is 5.61. The SMILES string of the molecule is COc1cc(Nc2ncc3c(n2)C(c2ccccc2)CCC3)ccc1-c1ncc(C)[nH]1. The average Bonchev–Trinajstić information content (AvgIpc) is 3.25. The van der Waals surface area contributed by atoms with Crippen molar-refractivity contribution in [2.75, 3.05) is 12.4 Å². The summed E-state index contributed by atoms with van der Waals surface area (Å²) in [5, 5.41) is 3.35. The molecule has 4 aromatic rings. The summed E-state index contributed by atoms with van der Waals surface area (Å²) in [5.74, 6) is 2.44. The van der Waals surface area contributed by atoms with Crippen molar-refractivity contribution >= 4 is 11.6 Å². The van der Waals surface area contributed by atoms with E-state index in [1.54, 1.807) is 7.11 Å². The predicted octanol–water partition coefficient (Wildman–Crippen LogP) is 5.40. The third-order valence-corrected chi connectivity index (χ3v) is 5.78. The molecule has 156 valence electrons. The maximum Gasteiger partial charge on any atom is 0.227 e.